The van der Waals surface area contributed by atoms with Gasteiger partial charge in [0.25, 0.3) is 5.70 Å². The van der Waals surface area contributed by atoms with Gasteiger partial charge in [0.15, 0.2) is 0 Å². The maximum absolute atomic E-state index is 12.1. The first-order valence-corrected chi connectivity index (χ1v) is 9.87. The standard InChI is InChI=1S/C25H26N2O3/c1-19(18-26(2)3)30-23-16-14-21(15-17-23)24(20-10-6-4-7-11-20)25(27(28)29)22-12-8-5-9-13-22/h4-17,19H,18H2,1-3H3/b25-24+/t19-/m0/s1. The van der Waals surface area contributed by atoms with Crippen molar-refractivity contribution in [2.75, 3.05) is 20.6 Å². The van der Waals surface area contributed by atoms with Gasteiger partial charge in [0.1, 0.15) is 11.9 Å². The molecule has 0 spiro atoms. The van der Waals surface area contributed by atoms with Gasteiger partial charge in [0.2, 0.25) is 0 Å². The van der Waals surface area contributed by atoms with Crippen LogP contribution in [0.4, 0.5) is 0 Å². The Balaban J connectivity index is 2.07. The van der Waals surface area contributed by atoms with Gasteiger partial charge in [-0.1, -0.05) is 60.7 Å². The van der Waals surface area contributed by atoms with Crippen LogP contribution in [0, 0.1) is 10.1 Å². The van der Waals surface area contributed by atoms with Crippen LogP contribution in [-0.4, -0.2) is 36.6 Å². The molecule has 1 atom stereocenters. The van der Waals surface area contributed by atoms with Crippen molar-refractivity contribution in [1.82, 2.24) is 4.90 Å². The van der Waals surface area contributed by atoms with Gasteiger partial charge in [-0.25, -0.2) is 0 Å². The third-order valence-electron chi connectivity index (χ3n) is 4.63. The van der Waals surface area contributed by atoms with E-state index in [1.807, 2.05) is 93.8 Å². The molecule has 3 rings (SSSR count). The van der Waals surface area contributed by atoms with Crippen LogP contribution >= 0.6 is 0 Å². The van der Waals surface area contributed by atoms with Crippen LogP contribution in [0.3, 0.4) is 0 Å². The summed E-state index contributed by atoms with van der Waals surface area (Å²) in [5.41, 5.74) is 2.80. The predicted molar refractivity (Wildman–Crippen MR) is 121 cm³/mol. The molecule has 0 aliphatic carbocycles. The van der Waals surface area contributed by atoms with Gasteiger partial charge in [-0.2, -0.15) is 0 Å². The molecule has 30 heavy (non-hydrogen) atoms. The fourth-order valence-electron chi connectivity index (χ4n) is 3.47. The minimum absolute atomic E-state index is 0.0358. The topological polar surface area (TPSA) is 55.6 Å². The third-order valence-corrected chi connectivity index (χ3v) is 4.63. The lowest BCUT2D eigenvalue weighted by molar-refractivity contribution is -0.374. The highest BCUT2D eigenvalue weighted by molar-refractivity contribution is 5.95. The molecular formula is C25H26N2O3. The van der Waals surface area contributed by atoms with Gasteiger partial charge in [0, 0.05) is 6.54 Å². The number of nitrogens with zero attached hydrogens (tertiary/aromatic N) is 2. The monoisotopic (exact) mass is 402 g/mol. The summed E-state index contributed by atoms with van der Waals surface area (Å²) >= 11 is 0. The summed E-state index contributed by atoms with van der Waals surface area (Å²) in [5.74, 6) is 0.739. The molecule has 0 radical (unpaired) electrons. The van der Waals surface area contributed by atoms with Crippen LogP contribution in [0.25, 0.3) is 11.3 Å². The third kappa shape index (κ3) is 5.33. The van der Waals surface area contributed by atoms with Crippen LogP contribution in [0.1, 0.15) is 23.6 Å². The number of hydrogen-bond donors (Lipinski definition) is 0. The molecule has 0 aliphatic rings. The first-order chi connectivity index (χ1) is 14.5. The molecule has 3 aromatic carbocycles. The smallest absolute Gasteiger partial charge is 0.284 e. The molecule has 0 saturated carbocycles. The second-order valence-electron chi connectivity index (χ2n) is 7.43. The lowest BCUT2D eigenvalue weighted by Gasteiger charge is -2.19. The van der Waals surface area contributed by atoms with Gasteiger partial charge in [-0.3, -0.25) is 10.1 Å². The van der Waals surface area contributed by atoms with Gasteiger partial charge in [-0.05, 0) is 56.4 Å². The Morgan fingerprint density at radius 1 is 0.867 bits per heavy atom. The van der Waals surface area contributed by atoms with Crippen molar-refractivity contribution in [1.29, 1.82) is 0 Å². The zero-order chi connectivity index (χ0) is 21.5. The Labute approximate surface area is 177 Å². The van der Waals surface area contributed by atoms with Crippen LogP contribution < -0.4 is 4.74 Å². The van der Waals surface area contributed by atoms with E-state index in [1.54, 1.807) is 12.1 Å². The van der Waals surface area contributed by atoms with E-state index in [9.17, 15) is 10.1 Å². The van der Waals surface area contributed by atoms with Crippen LogP contribution in [-0.2, 0) is 0 Å². The molecule has 5 nitrogen and oxygen atoms in total. The van der Waals surface area contributed by atoms with Gasteiger partial charge >= 0.3 is 0 Å². The van der Waals surface area contributed by atoms with Gasteiger partial charge in [-0.15, -0.1) is 0 Å². The maximum Gasteiger partial charge on any atom is 0.284 e. The molecule has 0 heterocycles. The highest BCUT2D eigenvalue weighted by Gasteiger charge is 2.23. The number of nitro groups is 1. The van der Waals surface area contributed by atoms with Gasteiger partial charge in [0.05, 0.1) is 16.1 Å². The number of rotatable bonds is 8. The van der Waals surface area contributed by atoms with Crippen molar-refractivity contribution in [2.45, 2.75) is 13.0 Å². The van der Waals surface area contributed by atoms with Crippen LogP contribution in [0.15, 0.2) is 84.9 Å². The van der Waals surface area contributed by atoms with Crippen LogP contribution in [0.2, 0.25) is 0 Å². The molecule has 0 aliphatic heterocycles. The van der Waals surface area contributed by atoms with Gasteiger partial charge < -0.3 is 9.64 Å². The molecule has 0 bridgehead atoms. The summed E-state index contributed by atoms with van der Waals surface area (Å²) in [6, 6.07) is 26.0. The van der Waals surface area contributed by atoms with E-state index in [4.69, 9.17) is 4.74 Å². The second-order valence-corrected chi connectivity index (χ2v) is 7.43. The minimum Gasteiger partial charge on any atom is -0.489 e. The zero-order valence-electron chi connectivity index (χ0n) is 17.5. The fourth-order valence-corrected chi connectivity index (χ4v) is 3.47. The van der Waals surface area contributed by atoms with Crippen LogP contribution in [0.5, 0.6) is 5.75 Å². The summed E-state index contributed by atoms with van der Waals surface area (Å²) in [6.45, 7) is 2.82. The quantitative estimate of drug-likeness (QED) is 0.295. The van der Waals surface area contributed by atoms with E-state index in [-0.39, 0.29) is 16.7 Å². The number of likely N-dealkylation sites (N-methyl/N-ethyl adjacent to an activating group) is 1. The molecule has 0 unspecified atom stereocenters. The molecule has 5 heteroatoms. The summed E-state index contributed by atoms with van der Waals surface area (Å²) in [5, 5.41) is 12.1. The first kappa shape index (κ1) is 21.3. The predicted octanol–water partition coefficient (Wildman–Crippen LogP) is 5.21. The summed E-state index contributed by atoms with van der Waals surface area (Å²) in [6.07, 6.45) is 0.0358. The molecule has 0 amide bonds. The zero-order valence-corrected chi connectivity index (χ0v) is 17.5. The largest absolute Gasteiger partial charge is 0.489 e. The van der Waals surface area contributed by atoms with Crippen molar-refractivity contribution >= 4 is 11.3 Å². The van der Waals surface area contributed by atoms with E-state index in [0.717, 1.165) is 23.4 Å². The average molecular weight is 402 g/mol. The Morgan fingerprint density at radius 2 is 1.37 bits per heavy atom. The average Bonchev–Trinajstić information content (AvgIpc) is 2.73. The Bertz CT molecular complexity index is 998. The number of benzene rings is 3. The van der Waals surface area contributed by atoms with Crippen molar-refractivity contribution in [3.8, 4) is 5.75 Å². The molecule has 3 aromatic rings. The number of ether oxygens (including phenoxy) is 1. The summed E-state index contributed by atoms with van der Waals surface area (Å²) < 4.78 is 5.97. The Hall–Kier alpha value is -3.44. The Kier molecular flexibility index (Phi) is 6.99. The van der Waals surface area contributed by atoms with E-state index >= 15 is 0 Å². The van der Waals surface area contributed by atoms with Crippen molar-refractivity contribution in [3.05, 3.63) is 112 Å². The number of hydrogen-bond acceptors (Lipinski definition) is 4. The molecule has 154 valence electrons. The van der Waals surface area contributed by atoms with E-state index in [1.165, 1.54) is 0 Å². The maximum atomic E-state index is 12.1. The lowest BCUT2D eigenvalue weighted by Crippen LogP contribution is -2.27. The fraction of sp³-hybridized carbons (Fsp3) is 0.200. The first-order valence-electron chi connectivity index (χ1n) is 9.87. The summed E-state index contributed by atoms with van der Waals surface area (Å²) in [4.78, 5) is 13.9. The molecular weight excluding hydrogens is 376 g/mol. The van der Waals surface area contributed by atoms with Crippen molar-refractivity contribution in [2.24, 2.45) is 0 Å². The van der Waals surface area contributed by atoms with E-state index in [0.29, 0.717) is 11.1 Å². The van der Waals surface area contributed by atoms with E-state index < -0.39 is 0 Å². The Morgan fingerprint density at radius 3 is 1.87 bits per heavy atom. The molecule has 0 aromatic heterocycles. The SMILES string of the molecule is C[C@@H](CN(C)C)Oc1ccc(/C(=C(\c2ccccc2)[N+](=O)[O-])c2ccccc2)cc1. The minimum atomic E-state index is -0.304. The molecule has 0 saturated heterocycles. The van der Waals surface area contributed by atoms with Crippen molar-refractivity contribution in [3.63, 3.8) is 0 Å². The molecule has 0 fully saturated rings. The van der Waals surface area contributed by atoms with Crippen molar-refractivity contribution < 1.29 is 9.66 Å². The molecule has 0 N–H and O–H groups in total. The highest BCUT2D eigenvalue weighted by atomic mass is 16.6. The lowest BCUT2D eigenvalue weighted by atomic mass is 9.93. The van der Waals surface area contributed by atoms with E-state index in [2.05, 4.69) is 4.90 Å². The highest BCUT2D eigenvalue weighted by Crippen LogP contribution is 2.33. The normalized spacial score (nSPS) is 12.9. The summed E-state index contributed by atoms with van der Waals surface area (Å²) in [7, 11) is 4.01. The second kappa shape index (κ2) is 9.85.